The fourth-order valence-electron chi connectivity index (χ4n) is 2.40. The molecular weight excluding hydrogens is 260 g/mol. The van der Waals surface area contributed by atoms with Gasteiger partial charge in [-0.15, -0.1) is 10.2 Å². The number of hydrogen-bond acceptors (Lipinski definition) is 5. The molecule has 19 heavy (non-hydrogen) atoms. The highest BCUT2D eigenvalue weighted by atomic mass is 32.1. The lowest BCUT2D eigenvalue weighted by Gasteiger charge is -2.34. The molecule has 1 saturated heterocycles. The first kappa shape index (κ1) is 14.4. The second-order valence-corrected chi connectivity index (χ2v) is 6.32. The molecular formula is C13H22N4OS. The van der Waals surface area contributed by atoms with Crippen molar-refractivity contribution in [1.82, 2.24) is 15.1 Å². The number of aromatic nitrogens is 2. The van der Waals surface area contributed by atoms with Gasteiger partial charge in [0.25, 0.3) is 0 Å². The Balaban J connectivity index is 1.91. The normalized spacial score (nSPS) is 22.2. The summed E-state index contributed by atoms with van der Waals surface area (Å²) in [6.45, 7) is 8.26. The van der Waals surface area contributed by atoms with Crippen LogP contribution in [0.3, 0.4) is 0 Å². The van der Waals surface area contributed by atoms with E-state index in [0.29, 0.717) is 11.0 Å². The van der Waals surface area contributed by atoms with E-state index in [1.807, 2.05) is 13.8 Å². The van der Waals surface area contributed by atoms with Crippen LogP contribution in [-0.4, -0.2) is 40.1 Å². The molecule has 0 saturated carbocycles. The summed E-state index contributed by atoms with van der Waals surface area (Å²) in [5, 5.41) is 12.4. The maximum atomic E-state index is 12.2. The van der Waals surface area contributed by atoms with Crippen molar-refractivity contribution in [1.29, 1.82) is 0 Å². The molecule has 2 heterocycles. The van der Waals surface area contributed by atoms with E-state index in [0.717, 1.165) is 24.5 Å². The molecule has 1 N–H and O–H groups in total. The van der Waals surface area contributed by atoms with Crippen molar-refractivity contribution in [3.63, 3.8) is 0 Å². The molecule has 6 heteroatoms. The number of carbonyl (C=O) groups excluding carboxylic acids is 1. The Bertz CT molecular complexity index is 434. The van der Waals surface area contributed by atoms with Gasteiger partial charge in [-0.3, -0.25) is 15.0 Å². The van der Waals surface area contributed by atoms with Crippen LogP contribution < -0.4 is 5.32 Å². The third kappa shape index (κ3) is 3.73. The SMILES string of the molecule is CCc1nnc(NC(=O)C(C)N2CCCC(C)C2)s1. The Morgan fingerprint density at radius 1 is 1.58 bits per heavy atom. The van der Waals surface area contributed by atoms with Gasteiger partial charge in [0.2, 0.25) is 11.0 Å². The summed E-state index contributed by atoms with van der Waals surface area (Å²) >= 11 is 1.45. The van der Waals surface area contributed by atoms with Crippen molar-refractivity contribution in [3.8, 4) is 0 Å². The second-order valence-electron chi connectivity index (χ2n) is 5.26. The highest BCUT2D eigenvalue weighted by Gasteiger charge is 2.26. The van der Waals surface area contributed by atoms with Crippen molar-refractivity contribution in [2.24, 2.45) is 5.92 Å². The van der Waals surface area contributed by atoms with Gasteiger partial charge < -0.3 is 0 Å². The predicted molar refractivity (Wildman–Crippen MR) is 77.3 cm³/mol. The highest BCUT2D eigenvalue weighted by molar-refractivity contribution is 7.15. The van der Waals surface area contributed by atoms with Crippen LogP contribution in [0.25, 0.3) is 0 Å². The molecule has 2 rings (SSSR count). The van der Waals surface area contributed by atoms with Crippen molar-refractivity contribution < 1.29 is 4.79 Å². The van der Waals surface area contributed by atoms with Gasteiger partial charge in [0.1, 0.15) is 5.01 Å². The zero-order valence-electron chi connectivity index (χ0n) is 11.8. The Labute approximate surface area is 118 Å². The van der Waals surface area contributed by atoms with E-state index < -0.39 is 0 Å². The number of aryl methyl sites for hydroxylation is 1. The summed E-state index contributed by atoms with van der Waals surface area (Å²) in [6, 6.07) is -0.100. The maximum Gasteiger partial charge on any atom is 0.243 e. The van der Waals surface area contributed by atoms with Crippen LogP contribution in [0.2, 0.25) is 0 Å². The molecule has 0 aromatic carbocycles. The van der Waals surface area contributed by atoms with E-state index in [-0.39, 0.29) is 11.9 Å². The largest absolute Gasteiger partial charge is 0.299 e. The molecule has 0 bridgehead atoms. The molecule has 1 amide bonds. The molecule has 1 aliphatic rings. The molecule has 2 unspecified atom stereocenters. The number of nitrogens with one attached hydrogen (secondary N) is 1. The summed E-state index contributed by atoms with van der Waals surface area (Å²) in [7, 11) is 0. The van der Waals surface area contributed by atoms with E-state index >= 15 is 0 Å². The van der Waals surface area contributed by atoms with E-state index in [1.54, 1.807) is 0 Å². The average Bonchev–Trinajstić information content (AvgIpc) is 2.85. The Hall–Kier alpha value is -1.01. The van der Waals surface area contributed by atoms with Gasteiger partial charge in [-0.2, -0.15) is 0 Å². The van der Waals surface area contributed by atoms with Gasteiger partial charge >= 0.3 is 0 Å². The molecule has 0 radical (unpaired) electrons. The molecule has 1 aromatic rings. The van der Waals surface area contributed by atoms with Crippen LogP contribution in [0.1, 0.15) is 38.6 Å². The first-order valence-corrected chi connectivity index (χ1v) is 7.79. The Morgan fingerprint density at radius 2 is 2.37 bits per heavy atom. The van der Waals surface area contributed by atoms with Gasteiger partial charge in [0.15, 0.2) is 0 Å². The Morgan fingerprint density at radius 3 is 3.00 bits per heavy atom. The number of nitrogens with zero attached hydrogens (tertiary/aromatic N) is 3. The zero-order chi connectivity index (χ0) is 13.8. The quantitative estimate of drug-likeness (QED) is 0.919. The van der Waals surface area contributed by atoms with Crippen LogP contribution in [0.4, 0.5) is 5.13 Å². The second kappa shape index (κ2) is 6.43. The lowest BCUT2D eigenvalue weighted by Crippen LogP contribution is -2.46. The minimum Gasteiger partial charge on any atom is -0.299 e. The summed E-state index contributed by atoms with van der Waals surface area (Å²) in [5.74, 6) is 0.699. The van der Waals surface area contributed by atoms with Gasteiger partial charge in [0, 0.05) is 6.54 Å². The molecule has 2 atom stereocenters. The summed E-state index contributed by atoms with van der Waals surface area (Å²) in [4.78, 5) is 14.5. The van der Waals surface area contributed by atoms with E-state index in [4.69, 9.17) is 0 Å². The topological polar surface area (TPSA) is 58.1 Å². The smallest absolute Gasteiger partial charge is 0.243 e. The summed E-state index contributed by atoms with van der Waals surface area (Å²) in [6.07, 6.45) is 3.30. The molecule has 0 aliphatic carbocycles. The van der Waals surface area contributed by atoms with Crippen LogP contribution in [0.5, 0.6) is 0 Å². The number of piperidine rings is 1. The number of hydrogen-bond donors (Lipinski definition) is 1. The van der Waals surface area contributed by atoms with Crippen LogP contribution in [0.15, 0.2) is 0 Å². The first-order chi connectivity index (χ1) is 9.10. The van der Waals surface area contributed by atoms with Crippen molar-refractivity contribution >= 4 is 22.4 Å². The number of rotatable bonds is 4. The monoisotopic (exact) mass is 282 g/mol. The molecule has 106 valence electrons. The maximum absolute atomic E-state index is 12.2. The summed E-state index contributed by atoms with van der Waals surface area (Å²) in [5.41, 5.74) is 0. The number of anilines is 1. The van der Waals surface area contributed by atoms with Crippen LogP contribution in [0, 0.1) is 5.92 Å². The Kier molecular flexibility index (Phi) is 4.87. The van der Waals surface area contributed by atoms with E-state index in [1.165, 1.54) is 24.2 Å². The van der Waals surface area contributed by atoms with E-state index in [9.17, 15) is 4.79 Å². The van der Waals surface area contributed by atoms with Gasteiger partial charge in [-0.25, -0.2) is 0 Å². The third-order valence-electron chi connectivity index (χ3n) is 3.62. The van der Waals surface area contributed by atoms with Crippen LogP contribution in [-0.2, 0) is 11.2 Å². The zero-order valence-corrected chi connectivity index (χ0v) is 12.7. The van der Waals surface area contributed by atoms with Crippen molar-refractivity contribution in [2.75, 3.05) is 18.4 Å². The lowest BCUT2D eigenvalue weighted by molar-refractivity contribution is -0.121. The fourth-order valence-corrected chi connectivity index (χ4v) is 3.08. The highest BCUT2D eigenvalue weighted by Crippen LogP contribution is 2.20. The van der Waals surface area contributed by atoms with Crippen molar-refractivity contribution in [2.45, 2.75) is 46.1 Å². The number of carbonyl (C=O) groups is 1. The fraction of sp³-hybridized carbons (Fsp3) is 0.769. The lowest BCUT2D eigenvalue weighted by atomic mass is 9.99. The van der Waals surface area contributed by atoms with E-state index in [2.05, 4.69) is 27.3 Å². The minimum absolute atomic E-state index is 0.0212. The molecule has 1 aromatic heterocycles. The van der Waals surface area contributed by atoms with Crippen LogP contribution >= 0.6 is 11.3 Å². The van der Waals surface area contributed by atoms with Gasteiger partial charge in [0.05, 0.1) is 6.04 Å². The predicted octanol–water partition coefficient (Wildman–Crippen LogP) is 2.16. The first-order valence-electron chi connectivity index (χ1n) is 6.97. The average molecular weight is 282 g/mol. The number of likely N-dealkylation sites (tertiary alicyclic amines) is 1. The number of amides is 1. The van der Waals surface area contributed by atoms with Gasteiger partial charge in [-0.1, -0.05) is 25.2 Å². The van der Waals surface area contributed by atoms with Crippen molar-refractivity contribution in [3.05, 3.63) is 5.01 Å². The molecule has 5 nitrogen and oxygen atoms in total. The molecule has 0 spiro atoms. The summed E-state index contributed by atoms with van der Waals surface area (Å²) < 4.78 is 0. The minimum atomic E-state index is -0.100. The molecule has 1 fully saturated rings. The standard InChI is InChI=1S/C13H22N4OS/c1-4-11-15-16-13(19-11)14-12(18)10(3)17-7-5-6-9(2)8-17/h9-10H,4-8H2,1-3H3,(H,14,16,18). The third-order valence-corrected chi connectivity index (χ3v) is 4.60. The van der Waals surface area contributed by atoms with Gasteiger partial charge in [-0.05, 0) is 38.6 Å². The molecule has 1 aliphatic heterocycles.